The second-order valence-corrected chi connectivity index (χ2v) is 9.45. The normalized spacial score (nSPS) is 16.4. The summed E-state index contributed by atoms with van der Waals surface area (Å²) in [5.74, 6) is -3.19. The number of aromatic amines is 1. The maximum atomic E-state index is 14.3. The van der Waals surface area contributed by atoms with Crippen LogP contribution in [0, 0.1) is 0 Å². The zero-order chi connectivity index (χ0) is 22.7. The van der Waals surface area contributed by atoms with Gasteiger partial charge in [0.25, 0.3) is 5.91 Å². The van der Waals surface area contributed by atoms with Crippen molar-refractivity contribution in [2.75, 3.05) is 38.1 Å². The number of halogens is 2. The van der Waals surface area contributed by atoms with Crippen LogP contribution in [0.3, 0.4) is 0 Å². The van der Waals surface area contributed by atoms with E-state index in [2.05, 4.69) is 32.1 Å². The molecule has 172 valence electrons. The Bertz CT molecular complexity index is 1060. The lowest BCUT2D eigenvalue weighted by molar-refractivity contribution is -0.0199. The Balaban J connectivity index is 1.48. The molecule has 1 amide bonds. The number of piperazine rings is 1. The van der Waals surface area contributed by atoms with Gasteiger partial charge >= 0.3 is 0 Å². The van der Waals surface area contributed by atoms with E-state index in [1.54, 1.807) is 6.20 Å². The first-order valence-electron chi connectivity index (χ1n) is 11.0. The summed E-state index contributed by atoms with van der Waals surface area (Å²) in [5.41, 5.74) is 1.87. The van der Waals surface area contributed by atoms with E-state index in [0.717, 1.165) is 47.8 Å². The third-order valence-electron chi connectivity index (χ3n) is 6.03. The molecule has 9 heteroatoms. The number of fused-ring (bicyclic) bond motifs is 1. The number of anilines is 1. The van der Waals surface area contributed by atoms with E-state index in [1.165, 1.54) is 18.3 Å². The van der Waals surface area contributed by atoms with Crippen LogP contribution in [-0.4, -0.2) is 66.0 Å². The van der Waals surface area contributed by atoms with Crippen molar-refractivity contribution >= 4 is 33.3 Å². The lowest BCUT2D eigenvalue weighted by atomic mass is 9.98. The van der Waals surface area contributed by atoms with Gasteiger partial charge in [-0.05, 0) is 25.1 Å². The van der Waals surface area contributed by atoms with Crippen LogP contribution in [0.2, 0.25) is 0 Å². The summed E-state index contributed by atoms with van der Waals surface area (Å²) in [6, 6.07) is 7.07. The third kappa shape index (κ3) is 5.27. The summed E-state index contributed by atoms with van der Waals surface area (Å²) in [7, 11) is 2.08. The molecule has 1 unspecified atom stereocenters. The first kappa shape index (κ1) is 22.7. The van der Waals surface area contributed by atoms with Gasteiger partial charge in [0.1, 0.15) is 4.88 Å². The second kappa shape index (κ2) is 9.54. The second-order valence-electron chi connectivity index (χ2n) is 8.45. The largest absolute Gasteiger partial charge is 0.361 e. The fourth-order valence-electron chi connectivity index (χ4n) is 4.02. The van der Waals surface area contributed by atoms with Crippen LogP contribution in [0.4, 0.5) is 13.9 Å². The molecule has 0 radical (unpaired) electrons. The van der Waals surface area contributed by atoms with Crippen molar-refractivity contribution in [2.24, 2.45) is 0 Å². The lowest BCUT2D eigenvalue weighted by Gasteiger charge is -2.32. The molecule has 0 spiro atoms. The molecule has 1 saturated heterocycles. The number of thiazole rings is 1. The zero-order valence-electron chi connectivity index (χ0n) is 18.4. The highest BCUT2D eigenvalue weighted by atomic mass is 32.1. The van der Waals surface area contributed by atoms with Gasteiger partial charge in [-0.25, -0.2) is 13.8 Å². The summed E-state index contributed by atoms with van der Waals surface area (Å²) >= 11 is 1.32. The van der Waals surface area contributed by atoms with Crippen LogP contribution in [0.1, 0.15) is 35.0 Å². The molecule has 3 heterocycles. The number of amides is 1. The van der Waals surface area contributed by atoms with Crippen LogP contribution in [0.5, 0.6) is 0 Å². The number of nitrogens with one attached hydrogen (secondary N) is 2. The third-order valence-corrected chi connectivity index (χ3v) is 7.09. The number of hydrogen-bond donors (Lipinski definition) is 2. The van der Waals surface area contributed by atoms with Gasteiger partial charge in [0, 0.05) is 62.2 Å². The molecule has 1 fully saturated rings. The maximum Gasteiger partial charge on any atom is 0.263 e. The Labute approximate surface area is 190 Å². The smallest absolute Gasteiger partial charge is 0.263 e. The van der Waals surface area contributed by atoms with Crippen LogP contribution >= 0.6 is 11.3 Å². The van der Waals surface area contributed by atoms with Crippen molar-refractivity contribution in [3.8, 4) is 0 Å². The Kier molecular flexibility index (Phi) is 6.76. The number of alkyl halides is 2. The Morgan fingerprint density at radius 3 is 2.78 bits per heavy atom. The van der Waals surface area contributed by atoms with Gasteiger partial charge in [-0.1, -0.05) is 36.5 Å². The van der Waals surface area contributed by atoms with Crippen molar-refractivity contribution < 1.29 is 13.6 Å². The quantitative estimate of drug-likeness (QED) is 0.529. The van der Waals surface area contributed by atoms with E-state index in [1.807, 2.05) is 30.5 Å². The highest BCUT2D eigenvalue weighted by Gasteiger charge is 2.32. The fraction of sp³-hybridized carbons (Fsp3) is 0.478. The minimum atomic E-state index is -2.84. The Morgan fingerprint density at radius 1 is 1.28 bits per heavy atom. The summed E-state index contributed by atoms with van der Waals surface area (Å²) in [5, 5.41) is 4.65. The number of aromatic nitrogens is 2. The summed E-state index contributed by atoms with van der Waals surface area (Å²) < 4.78 is 28.6. The fourth-order valence-corrected chi connectivity index (χ4v) is 4.89. The van der Waals surface area contributed by atoms with E-state index in [4.69, 9.17) is 0 Å². The van der Waals surface area contributed by atoms with E-state index in [9.17, 15) is 13.6 Å². The SMILES string of the molecule is CCC(F)(F)CC(Cc1c[nH]c2ccccc12)NC(=O)c1cnc(N2CCN(C)CC2)s1. The molecule has 2 aromatic heterocycles. The first-order valence-corrected chi connectivity index (χ1v) is 11.8. The molecular weight excluding hydrogens is 432 g/mol. The molecule has 0 bridgehead atoms. The highest BCUT2D eigenvalue weighted by molar-refractivity contribution is 7.17. The molecule has 0 saturated carbocycles. The van der Waals surface area contributed by atoms with Gasteiger partial charge < -0.3 is 20.1 Å². The van der Waals surface area contributed by atoms with Crippen molar-refractivity contribution in [2.45, 2.75) is 38.2 Å². The molecule has 4 rings (SSSR count). The number of likely N-dealkylation sites (N-methyl/N-ethyl adjacent to an activating group) is 1. The highest BCUT2D eigenvalue weighted by Crippen LogP contribution is 2.28. The van der Waals surface area contributed by atoms with Gasteiger partial charge in [0.05, 0.1) is 6.20 Å². The predicted molar refractivity (Wildman–Crippen MR) is 125 cm³/mol. The van der Waals surface area contributed by atoms with Gasteiger partial charge in [-0.3, -0.25) is 4.79 Å². The van der Waals surface area contributed by atoms with Crippen LogP contribution < -0.4 is 10.2 Å². The van der Waals surface area contributed by atoms with Crippen LogP contribution in [0.25, 0.3) is 10.9 Å². The molecule has 1 atom stereocenters. The molecular formula is C23H29F2N5OS. The van der Waals surface area contributed by atoms with Crippen molar-refractivity contribution in [3.63, 3.8) is 0 Å². The van der Waals surface area contributed by atoms with Crippen LogP contribution in [-0.2, 0) is 6.42 Å². The monoisotopic (exact) mass is 461 g/mol. The number of benzene rings is 1. The number of rotatable bonds is 8. The number of nitrogens with zero attached hydrogens (tertiary/aromatic N) is 3. The number of carbonyl (C=O) groups excluding carboxylic acids is 1. The molecule has 0 aliphatic carbocycles. The summed E-state index contributed by atoms with van der Waals surface area (Å²) in [6.07, 6.45) is 3.05. The molecule has 3 aromatic rings. The maximum absolute atomic E-state index is 14.3. The topological polar surface area (TPSA) is 64.3 Å². The van der Waals surface area contributed by atoms with E-state index < -0.39 is 18.4 Å². The van der Waals surface area contributed by atoms with Crippen LogP contribution in [0.15, 0.2) is 36.7 Å². The van der Waals surface area contributed by atoms with Crippen molar-refractivity contribution in [3.05, 3.63) is 47.1 Å². The molecule has 1 aliphatic rings. The minimum Gasteiger partial charge on any atom is -0.361 e. The minimum absolute atomic E-state index is 0.263. The van der Waals surface area contributed by atoms with E-state index in [-0.39, 0.29) is 12.3 Å². The van der Waals surface area contributed by atoms with Crippen molar-refractivity contribution in [1.82, 2.24) is 20.2 Å². The van der Waals surface area contributed by atoms with Crippen molar-refractivity contribution in [1.29, 1.82) is 0 Å². The average Bonchev–Trinajstić information content (AvgIpc) is 3.42. The van der Waals surface area contributed by atoms with E-state index >= 15 is 0 Å². The molecule has 6 nitrogen and oxygen atoms in total. The lowest BCUT2D eigenvalue weighted by Crippen LogP contribution is -2.44. The van der Waals surface area contributed by atoms with Gasteiger partial charge in [0.2, 0.25) is 5.92 Å². The molecule has 1 aromatic carbocycles. The average molecular weight is 462 g/mol. The summed E-state index contributed by atoms with van der Waals surface area (Å²) in [6.45, 7) is 5.07. The van der Waals surface area contributed by atoms with Gasteiger partial charge in [-0.15, -0.1) is 0 Å². The predicted octanol–water partition coefficient (Wildman–Crippen LogP) is 4.15. The van der Waals surface area contributed by atoms with E-state index in [0.29, 0.717) is 11.3 Å². The number of hydrogen-bond acceptors (Lipinski definition) is 5. The number of carbonyl (C=O) groups is 1. The van der Waals surface area contributed by atoms with Gasteiger partial charge in [-0.2, -0.15) is 0 Å². The zero-order valence-corrected chi connectivity index (χ0v) is 19.2. The molecule has 1 aliphatic heterocycles. The number of para-hydroxylation sites is 1. The Morgan fingerprint density at radius 2 is 2.03 bits per heavy atom. The Hall–Kier alpha value is -2.52. The number of H-pyrrole nitrogens is 1. The summed E-state index contributed by atoms with van der Waals surface area (Å²) in [4.78, 5) is 25.4. The first-order chi connectivity index (χ1) is 15.3. The van der Waals surface area contributed by atoms with Gasteiger partial charge in [0.15, 0.2) is 5.13 Å². The standard InChI is InChI=1S/C23H29F2N5OS/c1-3-23(24,25)13-17(12-16-14-26-19-7-5-4-6-18(16)19)28-21(31)20-15-27-22(32-20)30-10-8-29(2)9-11-30/h4-7,14-15,17,26H,3,8-13H2,1-2H3,(H,28,31). The molecule has 2 N–H and O–H groups in total. The molecule has 32 heavy (non-hydrogen) atoms.